The van der Waals surface area contributed by atoms with E-state index < -0.39 is 5.60 Å². The maximum atomic E-state index is 9.96. The summed E-state index contributed by atoms with van der Waals surface area (Å²) in [6.45, 7) is 5.74. The summed E-state index contributed by atoms with van der Waals surface area (Å²) in [6, 6.07) is 0. The molecule has 0 saturated carbocycles. The molecule has 1 fully saturated rings. The predicted octanol–water partition coefficient (Wildman–Crippen LogP) is 1.57. The topological polar surface area (TPSA) is 29.5 Å². The fourth-order valence-corrected chi connectivity index (χ4v) is 1.72. The molecule has 0 spiro atoms. The van der Waals surface area contributed by atoms with Crippen LogP contribution in [0.15, 0.2) is 0 Å². The first-order chi connectivity index (χ1) is 5.12. The first kappa shape index (κ1) is 9.01. The summed E-state index contributed by atoms with van der Waals surface area (Å²) in [5.74, 6) is 0.582. The SMILES string of the molecule is CC(C)CC1(O)CCOCC1. The lowest BCUT2D eigenvalue weighted by molar-refractivity contribution is -0.0740. The van der Waals surface area contributed by atoms with Gasteiger partial charge in [-0.3, -0.25) is 0 Å². The maximum absolute atomic E-state index is 9.96. The average molecular weight is 158 g/mol. The van der Waals surface area contributed by atoms with Crippen LogP contribution in [-0.4, -0.2) is 23.9 Å². The number of hydrogen-bond acceptors (Lipinski definition) is 2. The van der Waals surface area contributed by atoms with Crippen LogP contribution >= 0.6 is 0 Å². The van der Waals surface area contributed by atoms with E-state index in [0.717, 1.165) is 32.5 Å². The minimum Gasteiger partial charge on any atom is -0.390 e. The van der Waals surface area contributed by atoms with E-state index in [1.165, 1.54) is 0 Å². The predicted molar refractivity (Wildman–Crippen MR) is 44.5 cm³/mol. The van der Waals surface area contributed by atoms with E-state index in [1.54, 1.807) is 0 Å². The molecular weight excluding hydrogens is 140 g/mol. The van der Waals surface area contributed by atoms with Crippen LogP contribution in [-0.2, 0) is 4.74 Å². The first-order valence-corrected chi connectivity index (χ1v) is 4.42. The number of ether oxygens (including phenoxy) is 1. The van der Waals surface area contributed by atoms with Crippen molar-refractivity contribution in [3.63, 3.8) is 0 Å². The van der Waals surface area contributed by atoms with E-state index in [-0.39, 0.29) is 0 Å². The Morgan fingerprint density at radius 1 is 1.36 bits per heavy atom. The molecule has 0 aromatic rings. The molecule has 0 aromatic carbocycles. The highest BCUT2D eigenvalue weighted by molar-refractivity contribution is 4.81. The Morgan fingerprint density at radius 2 is 1.91 bits per heavy atom. The highest BCUT2D eigenvalue weighted by Gasteiger charge is 2.29. The van der Waals surface area contributed by atoms with Gasteiger partial charge in [0, 0.05) is 13.2 Å². The third kappa shape index (κ3) is 2.80. The van der Waals surface area contributed by atoms with Crippen LogP contribution in [0.1, 0.15) is 33.1 Å². The van der Waals surface area contributed by atoms with Gasteiger partial charge in [0.05, 0.1) is 5.60 Å². The molecule has 1 rings (SSSR count). The second-order valence-corrected chi connectivity index (χ2v) is 3.93. The summed E-state index contributed by atoms with van der Waals surface area (Å²) in [5.41, 5.74) is -0.424. The molecule has 0 radical (unpaired) electrons. The van der Waals surface area contributed by atoms with Crippen molar-refractivity contribution in [2.75, 3.05) is 13.2 Å². The first-order valence-electron chi connectivity index (χ1n) is 4.42. The Bertz CT molecular complexity index is 115. The molecule has 0 atom stereocenters. The van der Waals surface area contributed by atoms with Gasteiger partial charge in [-0.25, -0.2) is 0 Å². The molecule has 0 amide bonds. The van der Waals surface area contributed by atoms with Crippen LogP contribution in [0.25, 0.3) is 0 Å². The van der Waals surface area contributed by atoms with E-state index in [0.29, 0.717) is 5.92 Å². The normalized spacial score (nSPS) is 24.0. The van der Waals surface area contributed by atoms with Crippen LogP contribution in [0, 0.1) is 5.92 Å². The van der Waals surface area contributed by atoms with Crippen molar-refractivity contribution in [2.24, 2.45) is 5.92 Å². The Balaban J connectivity index is 2.37. The van der Waals surface area contributed by atoms with Gasteiger partial charge in [-0.2, -0.15) is 0 Å². The fourth-order valence-electron chi connectivity index (χ4n) is 1.72. The zero-order chi connectivity index (χ0) is 8.32. The summed E-state index contributed by atoms with van der Waals surface area (Å²) in [5, 5.41) is 9.96. The minimum atomic E-state index is -0.424. The Morgan fingerprint density at radius 3 is 2.36 bits per heavy atom. The Hall–Kier alpha value is -0.0800. The lowest BCUT2D eigenvalue weighted by Gasteiger charge is -2.33. The smallest absolute Gasteiger partial charge is 0.0694 e. The lowest BCUT2D eigenvalue weighted by Crippen LogP contribution is -2.37. The molecule has 11 heavy (non-hydrogen) atoms. The zero-order valence-corrected chi connectivity index (χ0v) is 7.47. The fraction of sp³-hybridized carbons (Fsp3) is 1.00. The zero-order valence-electron chi connectivity index (χ0n) is 7.47. The lowest BCUT2D eigenvalue weighted by atomic mass is 9.86. The maximum Gasteiger partial charge on any atom is 0.0694 e. The van der Waals surface area contributed by atoms with Crippen LogP contribution < -0.4 is 0 Å². The molecule has 1 aliphatic heterocycles. The number of rotatable bonds is 2. The van der Waals surface area contributed by atoms with Gasteiger partial charge >= 0.3 is 0 Å². The van der Waals surface area contributed by atoms with Crippen molar-refractivity contribution < 1.29 is 9.84 Å². The number of aliphatic hydroxyl groups is 1. The quantitative estimate of drug-likeness (QED) is 0.661. The van der Waals surface area contributed by atoms with E-state index in [2.05, 4.69) is 13.8 Å². The van der Waals surface area contributed by atoms with Gasteiger partial charge in [0.25, 0.3) is 0 Å². The van der Waals surface area contributed by atoms with Crippen LogP contribution in [0.4, 0.5) is 0 Å². The van der Waals surface area contributed by atoms with Crippen molar-refractivity contribution in [3.8, 4) is 0 Å². The van der Waals surface area contributed by atoms with Gasteiger partial charge in [0.15, 0.2) is 0 Å². The number of hydrogen-bond donors (Lipinski definition) is 1. The van der Waals surface area contributed by atoms with Gasteiger partial charge in [-0.05, 0) is 25.2 Å². The van der Waals surface area contributed by atoms with Gasteiger partial charge in [-0.1, -0.05) is 13.8 Å². The van der Waals surface area contributed by atoms with Gasteiger partial charge in [0.1, 0.15) is 0 Å². The van der Waals surface area contributed by atoms with Gasteiger partial charge < -0.3 is 9.84 Å². The standard InChI is InChI=1S/C9H18O2/c1-8(2)7-9(10)3-5-11-6-4-9/h8,10H,3-7H2,1-2H3. The summed E-state index contributed by atoms with van der Waals surface area (Å²) in [4.78, 5) is 0. The van der Waals surface area contributed by atoms with Crippen molar-refractivity contribution in [2.45, 2.75) is 38.7 Å². The second-order valence-electron chi connectivity index (χ2n) is 3.93. The Labute approximate surface area is 68.6 Å². The molecule has 0 unspecified atom stereocenters. The molecule has 1 saturated heterocycles. The highest BCUT2D eigenvalue weighted by atomic mass is 16.5. The molecule has 1 N–H and O–H groups in total. The molecule has 0 aromatic heterocycles. The highest BCUT2D eigenvalue weighted by Crippen LogP contribution is 2.27. The summed E-state index contributed by atoms with van der Waals surface area (Å²) in [6.07, 6.45) is 2.53. The van der Waals surface area contributed by atoms with E-state index in [4.69, 9.17) is 4.74 Å². The minimum absolute atomic E-state index is 0.424. The van der Waals surface area contributed by atoms with Crippen molar-refractivity contribution in [3.05, 3.63) is 0 Å². The third-order valence-electron chi connectivity index (χ3n) is 2.21. The average Bonchev–Trinajstić information content (AvgIpc) is 1.85. The summed E-state index contributed by atoms with van der Waals surface area (Å²) >= 11 is 0. The molecule has 1 heterocycles. The van der Waals surface area contributed by atoms with Gasteiger partial charge in [0.2, 0.25) is 0 Å². The largest absolute Gasteiger partial charge is 0.390 e. The van der Waals surface area contributed by atoms with Crippen LogP contribution in [0.5, 0.6) is 0 Å². The van der Waals surface area contributed by atoms with Crippen LogP contribution in [0.3, 0.4) is 0 Å². The van der Waals surface area contributed by atoms with E-state index >= 15 is 0 Å². The molecule has 2 heteroatoms. The van der Waals surface area contributed by atoms with Crippen LogP contribution in [0.2, 0.25) is 0 Å². The molecule has 66 valence electrons. The van der Waals surface area contributed by atoms with E-state index in [9.17, 15) is 5.11 Å². The molecule has 0 aliphatic carbocycles. The van der Waals surface area contributed by atoms with Gasteiger partial charge in [-0.15, -0.1) is 0 Å². The summed E-state index contributed by atoms with van der Waals surface area (Å²) < 4.78 is 5.19. The monoisotopic (exact) mass is 158 g/mol. The third-order valence-corrected chi connectivity index (χ3v) is 2.21. The summed E-state index contributed by atoms with van der Waals surface area (Å²) in [7, 11) is 0. The van der Waals surface area contributed by atoms with Crippen molar-refractivity contribution in [1.82, 2.24) is 0 Å². The molecule has 1 aliphatic rings. The second kappa shape index (κ2) is 3.55. The van der Waals surface area contributed by atoms with Crippen molar-refractivity contribution >= 4 is 0 Å². The molecule has 2 nitrogen and oxygen atoms in total. The van der Waals surface area contributed by atoms with Crippen molar-refractivity contribution in [1.29, 1.82) is 0 Å². The Kier molecular flexibility index (Phi) is 2.90. The molecular formula is C9H18O2. The van der Waals surface area contributed by atoms with E-state index in [1.807, 2.05) is 0 Å². The molecule has 0 bridgehead atoms.